The maximum atomic E-state index is 12.7. The number of nitrogens with zero attached hydrogens (tertiary/aromatic N) is 2. The first-order chi connectivity index (χ1) is 14.9. The molecule has 1 aromatic heterocycles. The number of fused-ring (bicyclic) bond motifs is 1. The summed E-state index contributed by atoms with van der Waals surface area (Å²) in [5, 5.41) is 4.25. The van der Waals surface area contributed by atoms with E-state index in [1.54, 1.807) is 6.08 Å². The lowest BCUT2D eigenvalue weighted by Crippen LogP contribution is -2.42. The van der Waals surface area contributed by atoms with Crippen LogP contribution >= 0.6 is 0 Å². The number of carbonyl (C=O) groups excluding carboxylic acids is 1. The normalized spacial score (nSPS) is 17.2. The van der Waals surface area contributed by atoms with Gasteiger partial charge in [0.2, 0.25) is 15.9 Å². The van der Waals surface area contributed by atoms with E-state index in [1.807, 2.05) is 61.5 Å². The smallest absolute Gasteiger partial charge is 0.236 e. The largest absolute Gasteiger partial charge is 0.346 e. The zero-order valence-electron chi connectivity index (χ0n) is 17.4. The van der Waals surface area contributed by atoms with E-state index < -0.39 is 10.0 Å². The van der Waals surface area contributed by atoms with Gasteiger partial charge in [-0.1, -0.05) is 42.5 Å². The number of piperidine rings is 1. The van der Waals surface area contributed by atoms with E-state index in [1.165, 1.54) is 9.71 Å². The summed E-state index contributed by atoms with van der Waals surface area (Å²) < 4.78 is 26.7. The van der Waals surface area contributed by atoms with Gasteiger partial charge >= 0.3 is 0 Å². The average molecular weight is 439 g/mol. The molecule has 31 heavy (non-hydrogen) atoms. The molecule has 0 bridgehead atoms. The molecule has 1 fully saturated rings. The number of rotatable bonds is 6. The van der Waals surface area contributed by atoms with Crippen molar-refractivity contribution in [2.24, 2.45) is 5.92 Å². The molecule has 8 heteroatoms. The number of carbonyl (C=O) groups is 1. The second-order valence-electron chi connectivity index (χ2n) is 7.80. The van der Waals surface area contributed by atoms with Crippen molar-refractivity contribution >= 4 is 33.0 Å². The van der Waals surface area contributed by atoms with E-state index in [9.17, 15) is 13.2 Å². The third kappa shape index (κ3) is 5.03. The second kappa shape index (κ2) is 9.03. The molecule has 2 heterocycles. The fraction of sp³-hybridized carbons (Fsp3) is 0.304. The SMILES string of the molecule is C[C@H](NC(=O)C1CCN(S(=O)(=O)/C=C/c2ccccc2)CC1)c1nc2ccccc2[nH]1. The van der Waals surface area contributed by atoms with E-state index >= 15 is 0 Å². The van der Waals surface area contributed by atoms with Gasteiger partial charge in [-0.15, -0.1) is 0 Å². The number of H-pyrrole nitrogens is 1. The molecule has 0 aliphatic carbocycles. The van der Waals surface area contributed by atoms with Crippen LogP contribution in [0.4, 0.5) is 0 Å². The van der Waals surface area contributed by atoms with Gasteiger partial charge in [0.1, 0.15) is 5.82 Å². The number of aromatic amines is 1. The average Bonchev–Trinajstić information content (AvgIpc) is 3.23. The van der Waals surface area contributed by atoms with Crippen LogP contribution in [-0.4, -0.2) is 41.7 Å². The van der Waals surface area contributed by atoms with E-state index in [2.05, 4.69) is 15.3 Å². The van der Waals surface area contributed by atoms with Crippen molar-refractivity contribution in [2.45, 2.75) is 25.8 Å². The molecule has 7 nitrogen and oxygen atoms in total. The Balaban J connectivity index is 1.32. The van der Waals surface area contributed by atoms with Crippen LogP contribution in [0.2, 0.25) is 0 Å². The lowest BCUT2D eigenvalue weighted by atomic mass is 9.97. The first kappa shape index (κ1) is 21.3. The van der Waals surface area contributed by atoms with Crippen LogP contribution < -0.4 is 5.32 Å². The summed E-state index contributed by atoms with van der Waals surface area (Å²) in [6.07, 6.45) is 2.59. The maximum absolute atomic E-state index is 12.7. The Hall–Kier alpha value is -2.97. The molecule has 1 saturated heterocycles. The van der Waals surface area contributed by atoms with Crippen molar-refractivity contribution in [1.29, 1.82) is 0 Å². The molecule has 1 amide bonds. The van der Waals surface area contributed by atoms with Gasteiger partial charge in [0, 0.05) is 24.4 Å². The molecule has 2 N–H and O–H groups in total. The van der Waals surface area contributed by atoms with Gasteiger partial charge in [-0.2, -0.15) is 4.31 Å². The molecular weight excluding hydrogens is 412 g/mol. The summed E-state index contributed by atoms with van der Waals surface area (Å²) in [7, 11) is -3.51. The molecule has 1 aliphatic heterocycles. The highest BCUT2D eigenvalue weighted by Crippen LogP contribution is 2.22. The first-order valence-corrected chi connectivity index (χ1v) is 11.9. The van der Waals surface area contributed by atoms with Crippen LogP contribution in [0.1, 0.15) is 37.2 Å². The third-order valence-corrected chi connectivity index (χ3v) is 7.16. The Kier molecular flexibility index (Phi) is 6.20. The molecule has 0 radical (unpaired) electrons. The van der Waals surface area contributed by atoms with Gasteiger partial charge in [-0.05, 0) is 43.5 Å². The van der Waals surface area contributed by atoms with Crippen molar-refractivity contribution in [1.82, 2.24) is 19.6 Å². The Morgan fingerprint density at radius 1 is 1.13 bits per heavy atom. The minimum absolute atomic E-state index is 0.0650. The standard InChI is InChI=1S/C23H26N4O3S/c1-17(22-25-20-9-5-6-10-21(20)26-22)24-23(28)19-11-14-27(15-12-19)31(29,30)16-13-18-7-3-2-4-8-18/h2-10,13,16-17,19H,11-12,14-15H2,1H3,(H,24,28)(H,25,26)/b16-13+/t17-/m0/s1. The molecule has 162 valence electrons. The van der Waals surface area contributed by atoms with Gasteiger partial charge in [-0.3, -0.25) is 4.79 Å². The van der Waals surface area contributed by atoms with Crippen molar-refractivity contribution < 1.29 is 13.2 Å². The number of hydrogen-bond donors (Lipinski definition) is 2. The molecule has 1 atom stereocenters. The summed E-state index contributed by atoms with van der Waals surface area (Å²) >= 11 is 0. The molecule has 4 rings (SSSR count). The van der Waals surface area contributed by atoms with Gasteiger partial charge in [-0.25, -0.2) is 13.4 Å². The number of imidazole rings is 1. The van der Waals surface area contributed by atoms with Crippen LogP contribution in [0.15, 0.2) is 60.0 Å². The van der Waals surface area contributed by atoms with Crippen molar-refractivity contribution in [3.05, 3.63) is 71.4 Å². The second-order valence-corrected chi connectivity index (χ2v) is 9.62. The molecule has 0 saturated carbocycles. The summed E-state index contributed by atoms with van der Waals surface area (Å²) in [6, 6.07) is 16.8. The van der Waals surface area contributed by atoms with Gasteiger partial charge < -0.3 is 10.3 Å². The van der Waals surface area contributed by atoms with E-state index in [-0.39, 0.29) is 17.9 Å². The highest BCUT2D eigenvalue weighted by molar-refractivity contribution is 7.92. The Bertz CT molecular complexity index is 1150. The predicted octanol–water partition coefficient (Wildman–Crippen LogP) is 3.45. The fourth-order valence-corrected chi connectivity index (χ4v) is 4.99. The zero-order chi connectivity index (χ0) is 21.8. The van der Waals surface area contributed by atoms with Gasteiger partial charge in [0.05, 0.1) is 17.1 Å². The molecule has 0 unspecified atom stereocenters. The van der Waals surface area contributed by atoms with Crippen LogP contribution in [0.5, 0.6) is 0 Å². The zero-order valence-corrected chi connectivity index (χ0v) is 18.2. The molecule has 2 aromatic carbocycles. The number of benzene rings is 2. The van der Waals surface area contributed by atoms with Crippen molar-refractivity contribution in [2.75, 3.05) is 13.1 Å². The van der Waals surface area contributed by atoms with E-state index in [0.29, 0.717) is 31.8 Å². The molecule has 3 aromatic rings. The minimum atomic E-state index is -3.51. The number of aromatic nitrogens is 2. The number of sulfonamides is 1. The number of hydrogen-bond acceptors (Lipinski definition) is 4. The molecular formula is C23H26N4O3S. The quantitative estimate of drug-likeness (QED) is 0.616. The van der Waals surface area contributed by atoms with Gasteiger partial charge in [0.25, 0.3) is 0 Å². The summed E-state index contributed by atoms with van der Waals surface area (Å²) in [4.78, 5) is 20.5. The minimum Gasteiger partial charge on any atom is -0.346 e. The van der Waals surface area contributed by atoms with Crippen molar-refractivity contribution in [3.8, 4) is 0 Å². The Morgan fingerprint density at radius 2 is 1.81 bits per heavy atom. The highest BCUT2D eigenvalue weighted by Gasteiger charge is 2.30. The molecule has 0 spiro atoms. The summed E-state index contributed by atoms with van der Waals surface area (Å²) in [6.45, 7) is 2.56. The Morgan fingerprint density at radius 3 is 2.52 bits per heavy atom. The van der Waals surface area contributed by atoms with E-state index in [0.717, 1.165) is 16.6 Å². The third-order valence-electron chi connectivity index (χ3n) is 5.59. The highest BCUT2D eigenvalue weighted by atomic mass is 32.2. The predicted molar refractivity (Wildman–Crippen MR) is 121 cm³/mol. The van der Waals surface area contributed by atoms with Crippen LogP contribution in [0.25, 0.3) is 17.1 Å². The van der Waals surface area contributed by atoms with E-state index in [4.69, 9.17) is 0 Å². The number of amides is 1. The van der Waals surface area contributed by atoms with Crippen LogP contribution in [0.3, 0.4) is 0 Å². The Labute approximate surface area is 182 Å². The number of nitrogens with one attached hydrogen (secondary N) is 2. The summed E-state index contributed by atoms with van der Waals surface area (Å²) in [5.74, 6) is 0.432. The lowest BCUT2D eigenvalue weighted by Gasteiger charge is -2.30. The topological polar surface area (TPSA) is 95.2 Å². The number of para-hydroxylation sites is 2. The van der Waals surface area contributed by atoms with Gasteiger partial charge in [0.15, 0.2) is 0 Å². The van der Waals surface area contributed by atoms with Crippen LogP contribution in [0, 0.1) is 5.92 Å². The fourth-order valence-electron chi connectivity index (χ4n) is 3.76. The maximum Gasteiger partial charge on any atom is 0.236 e. The lowest BCUT2D eigenvalue weighted by molar-refractivity contribution is -0.126. The molecule has 1 aliphatic rings. The van der Waals surface area contributed by atoms with Crippen molar-refractivity contribution in [3.63, 3.8) is 0 Å². The monoisotopic (exact) mass is 438 g/mol. The first-order valence-electron chi connectivity index (χ1n) is 10.4. The summed E-state index contributed by atoms with van der Waals surface area (Å²) in [5.41, 5.74) is 2.63. The van der Waals surface area contributed by atoms with Crippen LogP contribution in [-0.2, 0) is 14.8 Å².